The predicted octanol–water partition coefficient (Wildman–Crippen LogP) is 3.76. The summed E-state index contributed by atoms with van der Waals surface area (Å²) in [5.74, 6) is 1.73. The van der Waals surface area contributed by atoms with Crippen LogP contribution in [0.2, 0.25) is 0 Å². The van der Waals surface area contributed by atoms with Gasteiger partial charge in [0, 0.05) is 32.7 Å². The Balaban J connectivity index is 1.23. The summed E-state index contributed by atoms with van der Waals surface area (Å²) in [5, 5.41) is 3.94. The molecule has 4 rings (SSSR count). The molecule has 1 aliphatic rings. The molecule has 0 aliphatic carbocycles. The van der Waals surface area contributed by atoms with Crippen molar-refractivity contribution < 1.29 is 14.1 Å². The standard InChI is InChI=1S/C25H29N3O3/c1-19-24(20(2)31-26-19)18-30-23-10-8-21(9-11-23)16-25(29)28-14-12-27(13-15-28)17-22-6-4-3-5-7-22/h3-11H,12-18H2,1-2H3. The number of ether oxygens (including phenoxy) is 1. The van der Waals surface area contributed by atoms with Crippen molar-refractivity contribution in [3.63, 3.8) is 0 Å². The fourth-order valence-corrected chi connectivity index (χ4v) is 3.85. The van der Waals surface area contributed by atoms with Crippen molar-refractivity contribution in [1.29, 1.82) is 0 Å². The van der Waals surface area contributed by atoms with Crippen LogP contribution in [0.25, 0.3) is 0 Å². The van der Waals surface area contributed by atoms with Gasteiger partial charge in [0.05, 0.1) is 17.7 Å². The number of hydrogen-bond acceptors (Lipinski definition) is 5. The van der Waals surface area contributed by atoms with Crippen molar-refractivity contribution in [1.82, 2.24) is 15.0 Å². The monoisotopic (exact) mass is 419 g/mol. The molecule has 1 aliphatic heterocycles. The Morgan fingerprint density at radius 1 is 0.968 bits per heavy atom. The van der Waals surface area contributed by atoms with Crippen LogP contribution in [0.5, 0.6) is 5.75 Å². The van der Waals surface area contributed by atoms with Crippen LogP contribution in [-0.2, 0) is 24.4 Å². The number of carbonyl (C=O) groups is 1. The molecule has 0 unspecified atom stereocenters. The number of piperazine rings is 1. The largest absolute Gasteiger partial charge is 0.489 e. The van der Waals surface area contributed by atoms with E-state index >= 15 is 0 Å². The van der Waals surface area contributed by atoms with Gasteiger partial charge in [-0.2, -0.15) is 0 Å². The molecule has 1 fully saturated rings. The summed E-state index contributed by atoms with van der Waals surface area (Å²) >= 11 is 0. The van der Waals surface area contributed by atoms with Gasteiger partial charge >= 0.3 is 0 Å². The van der Waals surface area contributed by atoms with Crippen LogP contribution in [-0.4, -0.2) is 47.0 Å². The van der Waals surface area contributed by atoms with Crippen molar-refractivity contribution in [2.75, 3.05) is 26.2 Å². The van der Waals surface area contributed by atoms with Crippen LogP contribution in [0.4, 0.5) is 0 Å². The van der Waals surface area contributed by atoms with Crippen LogP contribution >= 0.6 is 0 Å². The highest BCUT2D eigenvalue weighted by molar-refractivity contribution is 5.79. The summed E-state index contributed by atoms with van der Waals surface area (Å²) in [6.45, 7) is 8.55. The normalized spacial score (nSPS) is 14.6. The Morgan fingerprint density at radius 2 is 1.68 bits per heavy atom. The number of hydrogen-bond donors (Lipinski definition) is 0. The molecule has 1 aromatic heterocycles. The molecule has 1 saturated heterocycles. The van der Waals surface area contributed by atoms with E-state index in [1.807, 2.05) is 49.1 Å². The van der Waals surface area contributed by atoms with Crippen LogP contribution < -0.4 is 4.74 Å². The van der Waals surface area contributed by atoms with Gasteiger partial charge < -0.3 is 14.2 Å². The summed E-state index contributed by atoms with van der Waals surface area (Å²) in [5.41, 5.74) is 4.15. The lowest BCUT2D eigenvalue weighted by Gasteiger charge is -2.34. The third-order valence-corrected chi connectivity index (χ3v) is 5.82. The van der Waals surface area contributed by atoms with Gasteiger partial charge in [0.15, 0.2) is 0 Å². The number of nitrogens with zero attached hydrogens (tertiary/aromatic N) is 3. The molecule has 6 nitrogen and oxygen atoms in total. The average molecular weight is 420 g/mol. The van der Waals surface area contributed by atoms with E-state index in [2.05, 4.69) is 34.3 Å². The van der Waals surface area contributed by atoms with E-state index in [0.717, 1.165) is 61.1 Å². The van der Waals surface area contributed by atoms with Crippen LogP contribution in [0, 0.1) is 13.8 Å². The van der Waals surface area contributed by atoms with E-state index in [1.54, 1.807) is 0 Å². The molecule has 0 spiro atoms. The fraction of sp³-hybridized carbons (Fsp3) is 0.360. The molecular formula is C25H29N3O3. The highest BCUT2D eigenvalue weighted by Gasteiger charge is 2.21. The zero-order valence-electron chi connectivity index (χ0n) is 18.2. The molecule has 1 amide bonds. The van der Waals surface area contributed by atoms with Crippen LogP contribution in [0.1, 0.15) is 28.1 Å². The number of aromatic nitrogens is 1. The van der Waals surface area contributed by atoms with E-state index in [4.69, 9.17) is 9.26 Å². The molecule has 31 heavy (non-hydrogen) atoms. The summed E-state index contributed by atoms with van der Waals surface area (Å²) in [4.78, 5) is 17.1. The molecule has 6 heteroatoms. The van der Waals surface area contributed by atoms with E-state index in [0.29, 0.717) is 13.0 Å². The number of carbonyl (C=O) groups excluding carboxylic acids is 1. The summed E-state index contributed by atoms with van der Waals surface area (Å²) < 4.78 is 11.0. The molecule has 162 valence electrons. The van der Waals surface area contributed by atoms with Gasteiger partial charge in [-0.15, -0.1) is 0 Å². The minimum absolute atomic E-state index is 0.184. The first kappa shape index (κ1) is 21.1. The number of amides is 1. The van der Waals surface area contributed by atoms with Crippen molar-refractivity contribution >= 4 is 5.91 Å². The summed E-state index contributed by atoms with van der Waals surface area (Å²) in [7, 11) is 0. The second-order valence-corrected chi connectivity index (χ2v) is 8.05. The second-order valence-electron chi connectivity index (χ2n) is 8.05. The maximum Gasteiger partial charge on any atom is 0.227 e. The highest BCUT2D eigenvalue weighted by atomic mass is 16.5. The number of benzene rings is 2. The first-order valence-corrected chi connectivity index (χ1v) is 10.8. The van der Waals surface area contributed by atoms with Crippen molar-refractivity contribution in [3.05, 3.63) is 82.7 Å². The smallest absolute Gasteiger partial charge is 0.227 e. The van der Waals surface area contributed by atoms with Gasteiger partial charge in [-0.25, -0.2) is 0 Å². The molecule has 0 radical (unpaired) electrons. The molecule has 2 aromatic carbocycles. The van der Waals surface area contributed by atoms with E-state index < -0.39 is 0 Å². The maximum absolute atomic E-state index is 12.7. The lowest BCUT2D eigenvalue weighted by Crippen LogP contribution is -2.48. The molecular weight excluding hydrogens is 390 g/mol. The van der Waals surface area contributed by atoms with E-state index in [9.17, 15) is 4.79 Å². The summed E-state index contributed by atoms with van der Waals surface area (Å²) in [6.07, 6.45) is 0.419. The van der Waals surface area contributed by atoms with E-state index in [1.165, 1.54) is 5.56 Å². The zero-order chi connectivity index (χ0) is 21.6. The first-order valence-electron chi connectivity index (χ1n) is 10.8. The lowest BCUT2D eigenvalue weighted by atomic mass is 10.1. The Labute approximate surface area is 183 Å². The Bertz CT molecular complexity index is 971. The van der Waals surface area contributed by atoms with Crippen LogP contribution in [0.3, 0.4) is 0 Å². The third kappa shape index (κ3) is 5.52. The van der Waals surface area contributed by atoms with Crippen molar-refractivity contribution in [2.45, 2.75) is 33.4 Å². The summed E-state index contributed by atoms with van der Waals surface area (Å²) in [6, 6.07) is 18.2. The fourth-order valence-electron chi connectivity index (χ4n) is 3.85. The quantitative estimate of drug-likeness (QED) is 0.584. The number of aryl methyl sites for hydroxylation is 2. The molecule has 2 heterocycles. The molecule has 0 N–H and O–H groups in total. The first-order chi connectivity index (χ1) is 15.1. The Kier molecular flexibility index (Phi) is 6.67. The Morgan fingerprint density at radius 3 is 2.32 bits per heavy atom. The topological polar surface area (TPSA) is 58.8 Å². The van der Waals surface area contributed by atoms with Gasteiger partial charge in [0.2, 0.25) is 5.91 Å². The third-order valence-electron chi connectivity index (χ3n) is 5.82. The van der Waals surface area contributed by atoms with Gasteiger partial charge in [-0.1, -0.05) is 47.6 Å². The molecule has 0 atom stereocenters. The zero-order valence-corrected chi connectivity index (χ0v) is 18.2. The highest BCUT2D eigenvalue weighted by Crippen LogP contribution is 2.18. The minimum atomic E-state index is 0.184. The number of rotatable bonds is 7. The molecule has 0 saturated carbocycles. The SMILES string of the molecule is Cc1noc(C)c1COc1ccc(CC(=O)N2CCN(Cc3ccccc3)CC2)cc1. The average Bonchev–Trinajstić information content (AvgIpc) is 3.11. The lowest BCUT2D eigenvalue weighted by molar-refractivity contribution is -0.132. The van der Waals surface area contributed by atoms with Gasteiger partial charge in [-0.3, -0.25) is 9.69 Å². The van der Waals surface area contributed by atoms with Gasteiger partial charge in [0.1, 0.15) is 18.1 Å². The molecule has 3 aromatic rings. The Hall–Kier alpha value is -3.12. The maximum atomic E-state index is 12.7. The predicted molar refractivity (Wildman–Crippen MR) is 119 cm³/mol. The van der Waals surface area contributed by atoms with Crippen molar-refractivity contribution in [2.24, 2.45) is 0 Å². The van der Waals surface area contributed by atoms with E-state index in [-0.39, 0.29) is 5.91 Å². The minimum Gasteiger partial charge on any atom is -0.489 e. The van der Waals surface area contributed by atoms with Gasteiger partial charge in [0.25, 0.3) is 0 Å². The van der Waals surface area contributed by atoms with Crippen LogP contribution in [0.15, 0.2) is 59.1 Å². The second kappa shape index (κ2) is 9.79. The van der Waals surface area contributed by atoms with Crippen molar-refractivity contribution in [3.8, 4) is 5.75 Å². The van der Waals surface area contributed by atoms with Gasteiger partial charge in [-0.05, 0) is 37.1 Å². The molecule has 0 bridgehead atoms.